The highest BCUT2D eigenvalue weighted by molar-refractivity contribution is 8.01. The summed E-state index contributed by atoms with van der Waals surface area (Å²) in [5, 5.41) is 12.7. The van der Waals surface area contributed by atoms with E-state index in [4.69, 9.17) is 0 Å². The van der Waals surface area contributed by atoms with Gasteiger partial charge in [0.1, 0.15) is 0 Å². The molecule has 1 heterocycles. The average Bonchev–Trinajstić information content (AvgIpc) is 2.72. The van der Waals surface area contributed by atoms with Gasteiger partial charge in [0, 0.05) is 25.9 Å². The molecule has 1 atom stereocenters. The summed E-state index contributed by atoms with van der Waals surface area (Å²) in [6, 6.07) is 0.525. The van der Waals surface area contributed by atoms with Gasteiger partial charge in [-0.2, -0.15) is 0 Å². The van der Waals surface area contributed by atoms with E-state index in [9.17, 15) is 0 Å². The zero-order valence-corrected chi connectivity index (χ0v) is 12.0. The topological polar surface area (TPSA) is 41.1 Å². The highest BCUT2D eigenvalue weighted by atomic mass is 32.2. The van der Waals surface area contributed by atoms with E-state index in [0.717, 1.165) is 21.8 Å². The van der Waals surface area contributed by atoms with Crippen LogP contribution >= 0.6 is 23.1 Å². The van der Waals surface area contributed by atoms with Gasteiger partial charge in [-0.15, -0.1) is 10.2 Å². The van der Waals surface area contributed by atoms with Gasteiger partial charge in [-0.3, -0.25) is 0 Å². The Bertz CT molecular complexity index is 301. The van der Waals surface area contributed by atoms with Crippen molar-refractivity contribution in [2.24, 2.45) is 0 Å². The number of aromatic nitrogens is 2. The first-order chi connectivity index (χ1) is 7.63. The van der Waals surface area contributed by atoms with E-state index >= 15 is 0 Å². The van der Waals surface area contributed by atoms with Gasteiger partial charge in [0.05, 0.1) is 0 Å². The second-order valence-electron chi connectivity index (χ2n) is 3.91. The van der Waals surface area contributed by atoms with Gasteiger partial charge >= 0.3 is 0 Å². The summed E-state index contributed by atoms with van der Waals surface area (Å²) in [6.07, 6.45) is 1.18. The van der Waals surface area contributed by atoms with Crippen molar-refractivity contribution in [3.05, 3.63) is 0 Å². The Morgan fingerprint density at radius 2 is 2.19 bits per heavy atom. The van der Waals surface area contributed by atoms with Crippen LogP contribution in [0.5, 0.6) is 0 Å². The number of hydrogen-bond acceptors (Lipinski definition) is 6. The minimum Gasteiger partial charge on any atom is -0.353 e. The van der Waals surface area contributed by atoms with Crippen LogP contribution in [0.15, 0.2) is 4.34 Å². The predicted molar refractivity (Wildman–Crippen MR) is 72.7 cm³/mol. The summed E-state index contributed by atoms with van der Waals surface area (Å²) < 4.78 is 1.05. The molecule has 0 aromatic carbocycles. The number of rotatable bonds is 7. The molecular formula is C10H20N4S2. The lowest BCUT2D eigenvalue weighted by Gasteiger charge is -2.10. The van der Waals surface area contributed by atoms with E-state index in [2.05, 4.69) is 29.4 Å². The van der Waals surface area contributed by atoms with Gasteiger partial charge in [-0.25, -0.2) is 0 Å². The zero-order valence-electron chi connectivity index (χ0n) is 10.4. The van der Waals surface area contributed by atoms with E-state index in [-0.39, 0.29) is 0 Å². The Kier molecular flexibility index (Phi) is 6.08. The van der Waals surface area contributed by atoms with Gasteiger partial charge in [-0.05, 0) is 19.9 Å². The Balaban J connectivity index is 2.31. The minimum atomic E-state index is 0.525. The average molecular weight is 260 g/mol. The molecule has 92 valence electrons. The van der Waals surface area contributed by atoms with Crippen LogP contribution in [0, 0.1) is 0 Å². The Hall–Kier alpha value is -0.330. The SMILES string of the molecule is CCCNC(C)CSc1nnc(N(C)C)s1. The van der Waals surface area contributed by atoms with E-state index in [1.54, 1.807) is 23.1 Å². The number of nitrogens with zero attached hydrogens (tertiary/aromatic N) is 3. The van der Waals surface area contributed by atoms with Crippen molar-refractivity contribution in [1.82, 2.24) is 15.5 Å². The molecule has 0 fully saturated rings. The highest BCUT2D eigenvalue weighted by Crippen LogP contribution is 2.27. The number of anilines is 1. The van der Waals surface area contributed by atoms with Crippen LogP contribution in [0.4, 0.5) is 5.13 Å². The monoisotopic (exact) mass is 260 g/mol. The van der Waals surface area contributed by atoms with Crippen LogP contribution in [0.1, 0.15) is 20.3 Å². The van der Waals surface area contributed by atoms with Crippen LogP contribution in [0.3, 0.4) is 0 Å². The molecule has 1 aromatic heterocycles. The van der Waals surface area contributed by atoms with Gasteiger partial charge in [0.2, 0.25) is 5.13 Å². The molecule has 1 aromatic rings. The van der Waals surface area contributed by atoms with Crippen LogP contribution in [-0.2, 0) is 0 Å². The van der Waals surface area contributed by atoms with Crippen molar-refractivity contribution in [2.75, 3.05) is 31.3 Å². The van der Waals surface area contributed by atoms with E-state index in [0.29, 0.717) is 6.04 Å². The third-order valence-electron chi connectivity index (χ3n) is 1.98. The lowest BCUT2D eigenvalue weighted by molar-refractivity contribution is 0.590. The molecule has 4 nitrogen and oxygen atoms in total. The maximum atomic E-state index is 4.15. The summed E-state index contributed by atoms with van der Waals surface area (Å²) in [5.41, 5.74) is 0. The van der Waals surface area contributed by atoms with Crippen LogP contribution < -0.4 is 10.2 Å². The summed E-state index contributed by atoms with van der Waals surface area (Å²) in [4.78, 5) is 1.99. The summed E-state index contributed by atoms with van der Waals surface area (Å²) in [6.45, 7) is 5.47. The van der Waals surface area contributed by atoms with Crippen LogP contribution in [0.2, 0.25) is 0 Å². The standard InChI is InChI=1S/C10H20N4S2/c1-5-6-11-8(2)7-15-10-13-12-9(16-10)14(3)4/h8,11H,5-7H2,1-4H3. The molecule has 0 aliphatic heterocycles. The Morgan fingerprint density at radius 3 is 2.75 bits per heavy atom. The zero-order chi connectivity index (χ0) is 12.0. The second kappa shape index (κ2) is 7.09. The second-order valence-corrected chi connectivity index (χ2v) is 6.13. The smallest absolute Gasteiger partial charge is 0.208 e. The normalized spacial score (nSPS) is 12.8. The maximum Gasteiger partial charge on any atom is 0.208 e. The number of nitrogens with one attached hydrogen (secondary N) is 1. The molecule has 16 heavy (non-hydrogen) atoms. The third kappa shape index (κ3) is 4.67. The molecule has 0 radical (unpaired) electrons. The molecule has 0 bridgehead atoms. The summed E-state index contributed by atoms with van der Waals surface area (Å²) in [5.74, 6) is 1.04. The minimum absolute atomic E-state index is 0.525. The quantitative estimate of drug-likeness (QED) is 0.760. The van der Waals surface area contributed by atoms with Crippen molar-refractivity contribution in [2.45, 2.75) is 30.6 Å². The largest absolute Gasteiger partial charge is 0.353 e. The fraction of sp³-hybridized carbons (Fsp3) is 0.800. The molecule has 1 rings (SSSR count). The third-order valence-corrected chi connectivity index (χ3v) is 4.46. The summed E-state index contributed by atoms with van der Waals surface area (Å²) >= 11 is 3.42. The highest BCUT2D eigenvalue weighted by Gasteiger charge is 2.08. The lowest BCUT2D eigenvalue weighted by Crippen LogP contribution is -2.28. The van der Waals surface area contributed by atoms with Gasteiger partial charge in [-0.1, -0.05) is 30.0 Å². The molecular weight excluding hydrogens is 240 g/mol. The number of thioether (sulfide) groups is 1. The molecule has 0 aliphatic carbocycles. The van der Waals surface area contributed by atoms with Crippen molar-refractivity contribution in [3.63, 3.8) is 0 Å². The molecule has 0 saturated heterocycles. The van der Waals surface area contributed by atoms with Crippen LogP contribution in [-0.4, -0.2) is 42.6 Å². The fourth-order valence-corrected chi connectivity index (χ4v) is 2.86. The van der Waals surface area contributed by atoms with E-state index in [1.807, 2.05) is 19.0 Å². The van der Waals surface area contributed by atoms with Crippen molar-refractivity contribution in [1.29, 1.82) is 0 Å². The van der Waals surface area contributed by atoms with Gasteiger partial charge < -0.3 is 10.2 Å². The molecule has 0 spiro atoms. The van der Waals surface area contributed by atoms with Crippen molar-refractivity contribution < 1.29 is 0 Å². The van der Waals surface area contributed by atoms with E-state index in [1.165, 1.54) is 6.42 Å². The first-order valence-corrected chi connectivity index (χ1v) is 7.30. The Labute approximate surface area is 106 Å². The molecule has 1 N–H and O–H groups in total. The molecule has 0 aliphatic rings. The van der Waals surface area contributed by atoms with Gasteiger partial charge in [0.15, 0.2) is 4.34 Å². The van der Waals surface area contributed by atoms with Crippen molar-refractivity contribution >= 4 is 28.2 Å². The van der Waals surface area contributed by atoms with Crippen LogP contribution in [0.25, 0.3) is 0 Å². The first-order valence-electron chi connectivity index (χ1n) is 5.50. The maximum absolute atomic E-state index is 4.15. The lowest BCUT2D eigenvalue weighted by atomic mass is 10.3. The first kappa shape index (κ1) is 13.7. The van der Waals surface area contributed by atoms with E-state index < -0.39 is 0 Å². The molecule has 1 unspecified atom stereocenters. The number of hydrogen-bond donors (Lipinski definition) is 1. The predicted octanol–water partition coefficient (Wildman–Crippen LogP) is 2.08. The fourth-order valence-electron chi connectivity index (χ4n) is 1.09. The molecule has 6 heteroatoms. The Morgan fingerprint density at radius 1 is 1.44 bits per heavy atom. The molecule has 0 saturated carbocycles. The summed E-state index contributed by atoms with van der Waals surface area (Å²) in [7, 11) is 3.97. The molecule has 0 amide bonds. The van der Waals surface area contributed by atoms with Crippen molar-refractivity contribution in [3.8, 4) is 0 Å². The van der Waals surface area contributed by atoms with Gasteiger partial charge in [0.25, 0.3) is 0 Å².